The molecule has 2 aliphatic rings. The second-order valence-corrected chi connectivity index (χ2v) is 5.87. The number of fused-ring (bicyclic) bond motifs is 1. The van der Waals surface area contributed by atoms with Gasteiger partial charge in [-0.1, -0.05) is 11.6 Å². The van der Waals surface area contributed by atoms with Crippen LogP contribution >= 0.6 is 11.6 Å². The molecular formula is C13H17ClN4O4. The Morgan fingerprint density at radius 3 is 2.50 bits per heavy atom. The lowest BCUT2D eigenvalue weighted by molar-refractivity contribution is -0.123. The van der Waals surface area contributed by atoms with E-state index in [9.17, 15) is 9.59 Å². The minimum atomic E-state index is -0.248. The van der Waals surface area contributed by atoms with Crippen LogP contribution in [0.25, 0.3) is 0 Å². The fraction of sp³-hybridized carbons (Fsp3) is 0.615. The molecule has 0 saturated carbocycles. The zero-order valence-electron chi connectivity index (χ0n) is 12.0. The number of carbonyl (C=O) groups is 2. The Balaban J connectivity index is 1.54. The van der Waals surface area contributed by atoms with Gasteiger partial charge in [-0.15, -0.1) is 0 Å². The molecule has 4 atom stereocenters. The SMILES string of the molecule is CC(=O)N[C@H]1CO[C@H]2[C@@H]1OC[C@@H]2NC(=O)Cn1cc(Cl)cn1. The summed E-state index contributed by atoms with van der Waals surface area (Å²) < 4.78 is 12.8. The number of amides is 2. The van der Waals surface area contributed by atoms with Crippen molar-refractivity contribution < 1.29 is 19.1 Å². The van der Waals surface area contributed by atoms with Crippen LogP contribution in [-0.4, -0.2) is 59.1 Å². The zero-order valence-corrected chi connectivity index (χ0v) is 12.7. The number of halogens is 1. The third-order valence-corrected chi connectivity index (χ3v) is 3.89. The van der Waals surface area contributed by atoms with Crippen LogP contribution in [0.5, 0.6) is 0 Å². The number of carbonyl (C=O) groups excluding carboxylic acids is 2. The summed E-state index contributed by atoms with van der Waals surface area (Å²) in [5.41, 5.74) is 0. The molecule has 0 aromatic carbocycles. The highest BCUT2D eigenvalue weighted by Crippen LogP contribution is 2.27. The first-order valence-electron chi connectivity index (χ1n) is 7.00. The largest absolute Gasteiger partial charge is 0.371 e. The summed E-state index contributed by atoms with van der Waals surface area (Å²) in [6.45, 7) is 2.28. The van der Waals surface area contributed by atoms with Gasteiger partial charge in [-0.2, -0.15) is 5.10 Å². The predicted molar refractivity (Wildman–Crippen MR) is 76.3 cm³/mol. The average molecular weight is 329 g/mol. The summed E-state index contributed by atoms with van der Waals surface area (Å²) in [4.78, 5) is 23.2. The van der Waals surface area contributed by atoms with Crippen LogP contribution in [0.1, 0.15) is 6.92 Å². The van der Waals surface area contributed by atoms with E-state index in [1.165, 1.54) is 17.8 Å². The Morgan fingerprint density at radius 2 is 1.95 bits per heavy atom. The molecule has 2 amide bonds. The molecule has 9 heteroatoms. The van der Waals surface area contributed by atoms with E-state index in [4.69, 9.17) is 21.1 Å². The fourth-order valence-corrected chi connectivity index (χ4v) is 2.99. The molecule has 0 unspecified atom stereocenters. The highest BCUT2D eigenvalue weighted by molar-refractivity contribution is 6.30. The van der Waals surface area contributed by atoms with Crippen molar-refractivity contribution in [3.63, 3.8) is 0 Å². The number of nitrogens with one attached hydrogen (secondary N) is 2. The zero-order chi connectivity index (χ0) is 15.7. The van der Waals surface area contributed by atoms with Gasteiger partial charge < -0.3 is 20.1 Å². The number of rotatable bonds is 4. The van der Waals surface area contributed by atoms with Gasteiger partial charge in [0.2, 0.25) is 11.8 Å². The number of hydrogen-bond acceptors (Lipinski definition) is 5. The van der Waals surface area contributed by atoms with Gasteiger partial charge in [-0.25, -0.2) is 0 Å². The van der Waals surface area contributed by atoms with Crippen molar-refractivity contribution in [3.05, 3.63) is 17.4 Å². The summed E-state index contributed by atoms with van der Waals surface area (Å²) in [5, 5.41) is 10.1. The standard InChI is InChI=1S/C13H17ClN4O4/c1-7(19)16-9-5-21-13-10(6-22-12(9)13)17-11(20)4-18-3-8(14)2-15-18/h2-3,9-10,12-13H,4-6H2,1H3,(H,16,19)(H,17,20)/t9-,10-,12+,13+/m0/s1. The highest BCUT2D eigenvalue weighted by atomic mass is 35.5. The maximum absolute atomic E-state index is 12.0. The second-order valence-electron chi connectivity index (χ2n) is 5.43. The summed E-state index contributed by atoms with van der Waals surface area (Å²) in [7, 11) is 0. The Kier molecular flexibility index (Phi) is 4.32. The smallest absolute Gasteiger partial charge is 0.242 e. The fourth-order valence-electron chi connectivity index (χ4n) is 2.83. The number of aromatic nitrogens is 2. The van der Waals surface area contributed by atoms with Gasteiger partial charge >= 0.3 is 0 Å². The molecule has 3 rings (SSSR count). The van der Waals surface area contributed by atoms with Crippen LogP contribution in [0.2, 0.25) is 5.02 Å². The van der Waals surface area contributed by atoms with Crippen molar-refractivity contribution in [1.29, 1.82) is 0 Å². The van der Waals surface area contributed by atoms with Crippen molar-refractivity contribution in [2.24, 2.45) is 0 Å². The van der Waals surface area contributed by atoms with E-state index in [2.05, 4.69) is 15.7 Å². The maximum atomic E-state index is 12.0. The third-order valence-electron chi connectivity index (χ3n) is 3.70. The van der Waals surface area contributed by atoms with E-state index in [0.29, 0.717) is 18.2 Å². The minimum absolute atomic E-state index is 0.0791. The molecule has 0 bridgehead atoms. The topological polar surface area (TPSA) is 94.5 Å². The number of hydrogen-bond donors (Lipinski definition) is 2. The highest BCUT2D eigenvalue weighted by Gasteiger charge is 2.48. The van der Waals surface area contributed by atoms with Gasteiger partial charge in [0.05, 0.1) is 36.5 Å². The van der Waals surface area contributed by atoms with Crippen molar-refractivity contribution >= 4 is 23.4 Å². The van der Waals surface area contributed by atoms with Gasteiger partial charge in [0.1, 0.15) is 18.8 Å². The second kappa shape index (κ2) is 6.23. The molecule has 3 heterocycles. The molecule has 22 heavy (non-hydrogen) atoms. The van der Waals surface area contributed by atoms with Crippen LogP contribution < -0.4 is 10.6 Å². The number of ether oxygens (including phenoxy) is 2. The Hall–Kier alpha value is -1.64. The summed E-state index contributed by atoms with van der Waals surface area (Å²) >= 11 is 5.76. The monoisotopic (exact) mass is 328 g/mol. The maximum Gasteiger partial charge on any atom is 0.242 e. The van der Waals surface area contributed by atoms with Crippen LogP contribution in [0.15, 0.2) is 12.4 Å². The normalized spacial score (nSPS) is 30.1. The molecule has 2 N–H and O–H groups in total. The first kappa shape index (κ1) is 15.3. The molecule has 1 aromatic heterocycles. The molecule has 8 nitrogen and oxygen atoms in total. The molecule has 0 spiro atoms. The van der Waals surface area contributed by atoms with E-state index in [-0.39, 0.29) is 42.7 Å². The Bertz CT molecular complexity index is 578. The first-order valence-corrected chi connectivity index (χ1v) is 7.38. The lowest BCUT2D eigenvalue weighted by Crippen LogP contribution is -2.47. The molecule has 120 valence electrons. The molecule has 0 radical (unpaired) electrons. The van der Waals surface area contributed by atoms with Gasteiger partial charge in [-0.3, -0.25) is 14.3 Å². The molecule has 2 fully saturated rings. The summed E-state index contributed by atoms with van der Waals surface area (Å²) in [6, 6.07) is -0.406. The third kappa shape index (κ3) is 3.23. The summed E-state index contributed by atoms with van der Waals surface area (Å²) in [6.07, 6.45) is 2.57. The number of nitrogens with zero attached hydrogens (tertiary/aromatic N) is 2. The van der Waals surface area contributed by atoms with E-state index >= 15 is 0 Å². The lowest BCUT2D eigenvalue weighted by atomic mass is 10.1. The van der Waals surface area contributed by atoms with Crippen molar-refractivity contribution in [2.75, 3.05) is 13.2 Å². The van der Waals surface area contributed by atoms with Gasteiger partial charge in [0, 0.05) is 13.1 Å². The molecule has 1 aromatic rings. The lowest BCUT2D eigenvalue weighted by Gasteiger charge is -2.18. The van der Waals surface area contributed by atoms with Crippen LogP contribution in [-0.2, 0) is 25.6 Å². The van der Waals surface area contributed by atoms with Gasteiger partial charge in [-0.05, 0) is 0 Å². The van der Waals surface area contributed by atoms with Crippen molar-refractivity contribution in [1.82, 2.24) is 20.4 Å². The van der Waals surface area contributed by atoms with Crippen LogP contribution in [0.3, 0.4) is 0 Å². The van der Waals surface area contributed by atoms with Crippen molar-refractivity contribution in [2.45, 2.75) is 37.8 Å². The van der Waals surface area contributed by atoms with Crippen molar-refractivity contribution in [3.8, 4) is 0 Å². The average Bonchev–Trinajstić information content (AvgIpc) is 3.10. The quantitative estimate of drug-likeness (QED) is 0.764. The Labute approximate surface area is 132 Å². The van der Waals surface area contributed by atoms with E-state index in [1.807, 2.05) is 0 Å². The molecule has 2 saturated heterocycles. The van der Waals surface area contributed by atoms with E-state index in [0.717, 1.165) is 0 Å². The van der Waals surface area contributed by atoms with Crippen LogP contribution in [0, 0.1) is 0 Å². The predicted octanol–water partition coefficient (Wildman–Crippen LogP) is -0.676. The summed E-state index contributed by atoms with van der Waals surface area (Å²) in [5.74, 6) is -0.318. The molecule has 0 aliphatic carbocycles. The molecular weight excluding hydrogens is 312 g/mol. The Morgan fingerprint density at radius 1 is 1.32 bits per heavy atom. The van der Waals surface area contributed by atoms with Gasteiger partial charge in [0.25, 0.3) is 0 Å². The van der Waals surface area contributed by atoms with Gasteiger partial charge in [0.15, 0.2) is 0 Å². The van der Waals surface area contributed by atoms with E-state index < -0.39 is 0 Å². The first-order chi connectivity index (χ1) is 10.5. The van der Waals surface area contributed by atoms with Crippen LogP contribution in [0.4, 0.5) is 0 Å². The minimum Gasteiger partial charge on any atom is -0.371 e. The molecule has 2 aliphatic heterocycles. The van der Waals surface area contributed by atoms with E-state index in [1.54, 1.807) is 6.20 Å².